The second kappa shape index (κ2) is 13.0. The van der Waals surface area contributed by atoms with Gasteiger partial charge in [0, 0.05) is 61.4 Å². The zero-order chi connectivity index (χ0) is 33.6. The number of pyridine rings is 1. The number of ether oxygens (including phenoxy) is 4. The van der Waals surface area contributed by atoms with Gasteiger partial charge in [0.1, 0.15) is 29.0 Å². The topological polar surface area (TPSA) is 132 Å². The molecule has 3 aromatic rings. The van der Waals surface area contributed by atoms with Crippen molar-refractivity contribution in [3.63, 3.8) is 0 Å². The van der Waals surface area contributed by atoms with Gasteiger partial charge in [-0.3, -0.25) is 4.90 Å². The van der Waals surface area contributed by atoms with Crippen LogP contribution in [-0.2, 0) is 14.9 Å². The Morgan fingerprint density at radius 2 is 1.96 bits per heavy atom. The molecule has 1 atom stereocenters. The highest BCUT2D eigenvalue weighted by Gasteiger charge is 2.47. The summed E-state index contributed by atoms with van der Waals surface area (Å²) in [7, 11) is 3.20. The standard InChI is InChI=1S/C35H43ClFN7O4/c1-34(8-9-34)27-23(36)16-24(39)22(18-38)25(27)29-28(37)30-26(32(40-29)46-3)31(43-10-5-13-47-15-12-43)42-33(41-30)48-20-35-7-4-11-44(35)19-21(17-35)6-14-45-2/h6,16,18,38H,4-5,7-15,17,19-20,39H2,1-3H3/b21-6-,38-18?. The number of hydrogen-bond acceptors (Lipinski definition) is 11. The van der Waals surface area contributed by atoms with Gasteiger partial charge in [-0.25, -0.2) is 9.37 Å². The van der Waals surface area contributed by atoms with Crippen molar-refractivity contribution in [2.24, 2.45) is 0 Å². The Labute approximate surface area is 285 Å². The minimum atomic E-state index is -0.674. The van der Waals surface area contributed by atoms with E-state index in [1.165, 1.54) is 12.7 Å². The highest BCUT2D eigenvalue weighted by atomic mass is 35.5. The van der Waals surface area contributed by atoms with Gasteiger partial charge in [0.25, 0.3) is 0 Å². The van der Waals surface area contributed by atoms with Crippen molar-refractivity contribution in [2.45, 2.75) is 56.4 Å². The molecule has 5 heterocycles. The molecule has 13 heteroatoms. The molecule has 2 aromatic heterocycles. The molecule has 3 N–H and O–H groups in total. The maximum absolute atomic E-state index is 17.3. The molecule has 11 nitrogen and oxygen atoms in total. The van der Waals surface area contributed by atoms with Crippen molar-refractivity contribution < 1.29 is 23.3 Å². The number of methoxy groups -OCH3 is 2. The van der Waals surface area contributed by atoms with E-state index in [1.54, 1.807) is 13.2 Å². The molecule has 0 radical (unpaired) electrons. The van der Waals surface area contributed by atoms with Crippen LogP contribution in [0.15, 0.2) is 17.7 Å². The summed E-state index contributed by atoms with van der Waals surface area (Å²) in [5.74, 6) is -0.0267. The molecule has 4 fully saturated rings. The first-order valence-electron chi connectivity index (χ1n) is 16.7. The van der Waals surface area contributed by atoms with Gasteiger partial charge in [-0.2, -0.15) is 9.97 Å². The van der Waals surface area contributed by atoms with Crippen LogP contribution in [0, 0.1) is 11.2 Å². The van der Waals surface area contributed by atoms with E-state index in [0.717, 1.165) is 63.4 Å². The minimum absolute atomic E-state index is 0.0192. The molecular formula is C35H43ClFN7O4. The summed E-state index contributed by atoms with van der Waals surface area (Å²) in [4.78, 5) is 18.9. The largest absolute Gasteiger partial charge is 0.480 e. The van der Waals surface area contributed by atoms with Gasteiger partial charge in [0.2, 0.25) is 5.88 Å². The van der Waals surface area contributed by atoms with Gasteiger partial charge in [-0.1, -0.05) is 30.2 Å². The molecule has 0 bridgehead atoms. The van der Waals surface area contributed by atoms with Gasteiger partial charge in [0.05, 0.1) is 25.9 Å². The van der Waals surface area contributed by atoms with Crippen LogP contribution in [0.25, 0.3) is 22.2 Å². The van der Waals surface area contributed by atoms with Crippen molar-refractivity contribution in [2.75, 3.05) is 77.5 Å². The predicted molar refractivity (Wildman–Crippen MR) is 184 cm³/mol. The molecule has 1 aliphatic carbocycles. The molecular weight excluding hydrogens is 637 g/mol. The normalized spacial score (nSPS) is 23.0. The number of rotatable bonds is 10. The van der Waals surface area contributed by atoms with Crippen LogP contribution in [0.4, 0.5) is 15.9 Å². The first-order valence-corrected chi connectivity index (χ1v) is 17.1. The predicted octanol–water partition coefficient (Wildman–Crippen LogP) is 5.54. The Morgan fingerprint density at radius 3 is 2.71 bits per heavy atom. The summed E-state index contributed by atoms with van der Waals surface area (Å²) in [5, 5.41) is 9.03. The van der Waals surface area contributed by atoms with Gasteiger partial charge < -0.3 is 35.0 Å². The third kappa shape index (κ3) is 5.76. The summed E-state index contributed by atoms with van der Waals surface area (Å²) in [6.07, 6.45) is 8.75. The quantitative estimate of drug-likeness (QED) is 0.160. The summed E-state index contributed by atoms with van der Waals surface area (Å²) in [6, 6.07) is 1.72. The van der Waals surface area contributed by atoms with Gasteiger partial charge >= 0.3 is 6.01 Å². The number of benzene rings is 1. The number of aromatic nitrogens is 3. The number of hydrogen-bond donors (Lipinski definition) is 2. The molecule has 0 spiro atoms. The minimum Gasteiger partial charge on any atom is -0.480 e. The first kappa shape index (κ1) is 32.9. The fourth-order valence-corrected chi connectivity index (χ4v) is 8.14. The maximum Gasteiger partial charge on any atom is 0.319 e. The molecule has 3 aliphatic heterocycles. The van der Waals surface area contributed by atoms with E-state index in [0.29, 0.717) is 66.9 Å². The molecule has 256 valence electrons. The van der Waals surface area contributed by atoms with Gasteiger partial charge in [-0.15, -0.1) is 0 Å². The number of nitrogens with two attached hydrogens (primary N) is 1. The molecule has 1 unspecified atom stereocenters. The summed E-state index contributed by atoms with van der Waals surface area (Å²) >= 11 is 6.82. The third-order valence-corrected chi connectivity index (χ3v) is 10.8. The third-order valence-electron chi connectivity index (χ3n) is 10.5. The lowest BCUT2D eigenvalue weighted by Crippen LogP contribution is -2.43. The van der Waals surface area contributed by atoms with Gasteiger partial charge in [0.15, 0.2) is 5.82 Å². The van der Waals surface area contributed by atoms with E-state index in [1.807, 2.05) is 0 Å². The van der Waals surface area contributed by atoms with Crippen LogP contribution < -0.4 is 20.1 Å². The van der Waals surface area contributed by atoms with Crippen molar-refractivity contribution in [1.29, 1.82) is 5.41 Å². The molecule has 7 rings (SSSR count). The van der Waals surface area contributed by atoms with Crippen LogP contribution >= 0.6 is 11.6 Å². The molecule has 48 heavy (non-hydrogen) atoms. The Hall–Kier alpha value is -3.58. The van der Waals surface area contributed by atoms with Crippen molar-refractivity contribution in [1.82, 2.24) is 19.9 Å². The molecule has 1 saturated carbocycles. The fourth-order valence-electron chi connectivity index (χ4n) is 7.70. The van der Waals surface area contributed by atoms with Gasteiger partial charge in [-0.05, 0) is 62.1 Å². The summed E-state index contributed by atoms with van der Waals surface area (Å²) in [5.41, 5.74) is 8.97. The first-order chi connectivity index (χ1) is 23.2. The number of nitrogen functional groups attached to an aromatic ring is 1. The van der Waals surface area contributed by atoms with E-state index >= 15 is 4.39 Å². The van der Waals surface area contributed by atoms with E-state index in [2.05, 4.69) is 22.8 Å². The monoisotopic (exact) mass is 679 g/mol. The summed E-state index contributed by atoms with van der Waals surface area (Å²) < 4.78 is 40.7. The number of nitrogens with zero attached hydrogens (tertiary/aromatic N) is 5. The average Bonchev–Trinajstić information content (AvgIpc) is 3.67. The molecule has 1 aromatic carbocycles. The molecule has 4 aliphatic rings. The van der Waals surface area contributed by atoms with E-state index < -0.39 is 5.82 Å². The number of nitrogens with one attached hydrogen (secondary N) is 1. The van der Waals surface area contributed by atoms with E-state index in [9.17, 15) is 0 Å². The van der Waals surface area contributed by atoms with Crippen molar-refractivity contribution in [3.8, 4) is 23.1 Å². The van der Waals surface area contributed by atoms with Crippen LogP contribution in [0.2, 0.25) is 5.02 Å². The lowest BCUT2D eigenvalue weighted by atomic mass is 9.87. The molecule has 3 saturated heterocycles. The Balaban J connectivity index is 1.39. The zero-order valence-electron chi connectivity index (χ0n) is 27.8. The van der Waals surface area contributed by atoms with Crippen LogP contribution in [0.5, 0.6) is 11.9 Å². The van der Waals surface area contributed by atoms with Crippen LogP contribution in [0.1, 0.15) is 56.6 Å². The SMILES string of the molecule is COC/C=C1\CN2CCCC2(COc2nc(N3CCCOCC3)c3c(OC)nc(-c4c(C=N)c(N)cc(Cl)c4C4(C)CC4)c(F)c3n2)C1. The van der Waals surface area contributed by atoms with Crippen molar-refractivity contribution in [3.05, 3.63) is 39.7 Å². The zero-order valence-corrected chi connectivity index (χ0v) is 28.6. The number of halogens is 2. The maximum atomic E-state index is 17.3. The lowest BCUT2D eigenvalue weighted by molar-refractivity contribution is 0.108. The highest BCUT2D eigenvalue weighted by molar-refractivity contribution is 6.32. The Morgan fingerprint density at radius 1 is 1.12 bits per heavy atom. The second-order valence-corrected chi connectivity index (χ2v) is 14.0. The highest BCUT2D eigenvalue weighted by Crippen LogP contribution is 2.55. The van der Waals surface area contributed by atoms with Crippen LogP contribution in [-0.4, -0.2) is 98.4 Å². The Kier molecular flexibility index (Phi) is 8.95. The van der Waals surface area contributed by atoms with E-state index in [4.69, 9.17) is 56.6 Å². The van der Waals surface area contributed by atoms with Crippen LogP contribution in [0.3, 0.4) is 0 Å². The second-order valence-electron chi connectivity index (χ2n) is 13.6. The van der Waals surface area contributed by atoms with Crippen molar-refractivity contribution >= 4 is 40.2 Å². The lowest BCUT2D eigenvalue weighted by Gasteiger charge is -2.31. The fraction of sp³-hybridized carbons (Fsp3) is 0.543. The number of anilines is 2. The average molecular weight is 680 g/mol. The smallest absolute Gasteiger partial charge is 0.319 e. The number of fused-ring (bicyclic) bond motifs is 2. The van der Waals surface area contributed by atoms with E-state index in [-0.39, 0.29) is 39.7 Å². The summed E-state index contributed by atoms with van der Waals surface area (Å²) in [6.45, 7) is 7.22. The Bertz CT molecular complexity index is 1780. The molecule has 0 amide bonds.